The number of amides is 1. The Bertz CT molecular complexity index is 1400. The smallest absolute Gasteiger partial charge is 0.341 e. The van der Waals surface area contributed by atoms with Crippen molar-refractivity contribution in [2.45, 2.75) is 45.4 Å². The van der Waals surface area contributed by atoms with Gasteiger partial charge in [0.15, 0.2) is 0 Å². The van der Waals surface area contributed by atoms with E-state index in [4.69, 9.17) is 4.74 Å². The number of aromatic amines is 1. The summed E-state index contributed by atoms with van der Waals surface area (Å²) in [7, 11) is -4.04. The summed E-state index contributed by atoms with van der Waals surface area (Å²) < 4.78 is 33.7. The van der Waals surface area contributed by atoms with Crippen LogP contribution < -0.4 is 5.32 Å². The highest BCUT2D eigenvalue weighted by molar-refractivity contribution is 7.89. The largest absolute Gasteiger partial charge is 0.462 e. The van der Waals surface area contributed by atoms with Gasteiger partial charge in [-0.25, -0.2) is 13.2 Å². The molecule has 1 aliphatic rings. The molecule has 0 saturated carbocycles. The second-order valence-corrected chi connectivity index (χ2v) is 10.7. The van der Waals surface area contributed by atoms with Crippen molar-refractivity contribution in [1.29, 1.82) is 0 Å². The first-order valence-corrected chi connectivity index (χ1v) is 13.1. The van der Waals surface area contributed by atoms with Crippen molar-refractivity contribution in [1.82, 2.24) is 14.3 Å². The quantitative estimate of drug-likeness (QED) is 0.500. The van der Waals surface area contributed by atoms with Crippen molar-refractivity contribution in [3.8, 4) is 0 Å². The van der Waals surface area contributed by atoms with Crippen molar-refractivity contribution in [3.63, 3.8) is 0 Å². The second-order valence-electron chi connectivity index (χ2n) is 8.82. The number of H-pyrrole nitrogens is 1. The summed E-state index contributed by atoms with van der Waals surface area (Å²) in [6, 6.07) is 9.36. The van der Waals surface area contributed by atoms with Gasteiger partial charge in [0.2, 0.25) is 15.9 Å². The van der Waals surface area contributed by atoms with Gasteiger partial charge in [0, 0.05) is 35.6 Å². The molecule has 1 fully saturated rings. The Morgan fingerprint density at radius 1 is 1.20 bits per heavy atom. The third-order valence-electron chi connectivity index (χ3n) is 6.25. The number of ether oxygens (including phenoxy) is 1. The van der Waals surface area contributed by atoms with Crippen LogP contribution in [0.3, 0.4) is 0 Å². The number of pyridine rings is 1. The average Bonchev–Trinajstić information content (AvgIpc) is 3.13. The molecule has 4 rings (SSSR count). The van der Waals surface area contributed by atoms with Crippen LogP contribution in [-0.4, -0.2) is 54.3 Å². The Morgan fingerprint density at radius 2 is 1.94 bits per heavy atom. The van der Waals surface area contributed by atoms with E-state index in [-0.39, 0.29) is 36.1 Å². The first-order chi connectivity index (χ1) is 16.6. The van der Waals surface area contributed by atoms with E-state index in [0.29, 0.717) is 29.9 Å². The van der Waals surface area contributed by atoms with Crippen LogP contribution in [0.2, 0.25) is 0 Å². The fraction of sp³-hybridized carbons (Fsp3) is 0.400. The lowest BCUT2D eigenvalue weighted by Crippen LogP contribution is -2.44. The molecule has 35 heavy (non-hydrogen) atoms. The summed E-state index contributed by atoms with van der Waals surface area (Å²) in [6.07, 6.45) is 1.10. The van der Waals surface area contributed by atoms with E-state index in [0.717, 1.165) is 16.6 Å². The molecule has 1 saturated heterocycles. The van der Waals surface area contributed by atoms with E-state index < -0.39 is 21.9 Å². The molecule has 0 radical (unpaired) electrons. The van der Waals surface area contributed by atoms with E-state index >= 15 is 0 Å². The number of esters is 1. The maximum Gasteiger partial charge on any atom is 0.341 e. The number of nitrogens with one attached hydrogen (secondary N) is 2. The third kappa shape index (κ3) is 4.81. The van der Waals surface area contributed by atoms with Crippen LogP contribution in [0.5, 0.6) is 0 Å². The van der Waals surface area contributed by atoms with Gasteiger partial charge >= 0.3 is 5.97 Å². The summed E-state index contributed by atoms with van der Waals surface area (Å²) in [4.78, 5) is 33.2. The van der Waals surface area contributed by atoms with Gasteiger partial charge < -0.3 is 15.0 Å². The minimum Gasteiger partial charge on any atom is -0.462 e. The number of aromatic nitrogens is 2. The van der Waals surface area contributed by atoms with Crippen molar-refractivity contribution >= 4 is 38.5 Å². The van der Waals surface area contributed by atoms with E-state index in [2.05, 4.69) is 15.3 Å². The van der Waals surface area contributed by atoms with Gasteiger partial charge in [-0.2, -0.15) is 4.31 Å². The number of anilines is 1. The zero-order valence-electron chi connectivity index (χ0n) is 20.3. The topological polar surface area (TPSA) is 121 Å². The average molecular weight is 499 g/mol. The molecule has 1 atom stereocenters. The van der Waals surface area contributed by atoms with Crippen molar-refractivity contribution in [3.05, 3.63) is 53.0 Å². The molecule has 10 heteroatoms. The third-order valence-corrected chi connectivity index (χ3v) is 8.29. The molecule has 0 aliphatic carbocycles. The predicted molar refractivity (Wildman–Crippen MR) is 133 cm³/mol. The number of fused-ring (bicyclic) bond motifs is 1. The minimum absolute atomic E-state index is 0.0228. The van der Waals surface area contributed by atoms with E-state index in [9.17, 15) is 18.0 Å². The molecule has 2 N–H and O–H groups in total. The van der Waals surface area contributed by atoms with Gasteiger partial charge in [-0.1, -0.05) is 18.2 Å². The Morgan fingerprint density at radius 3 is 2.69 bits per heavy atom. The molecule has 1 aliphatic heterocycles. The normalized spacial score (nSPS) is 16.9. The number of carbonyl (C=O) groups is 2. The molecule has 1 amide bonds. The summed E-state index contributed by atoms with van der Waals surface area (Å²) in [6.45, 7) is 7.23. The molecular formula is C25H30N4O5S. The standard InChI is InChI=1S/C25H30N4O5S/c1-5-34-25(31)22-16(3)27-17(4)23(22)35(32,33)29-12-8-9-18(14-29)24(30)28-21-13-15(2)26-20-11-7-6-10-19(20)21/h6-7,10-11,13,18,27H,5,8-9,12,14H2,1-4H3,(H,26,28,30)/t18-/m1/s1. The van der Waals surface area contributed by atoms with E-state index in [1.807, 2.05) is 37.3 Å². The lowest BCUT2D eigenvalue weighted by molar-refractivity contribution is -0.120. The first kappa shape index (κ1) is 24.9. The van der Waals surface area contributed by atoms with Crippen molar-refractivity contribution in [2.75, 3.05) is 25.0 Å². The monoisotopic (exact) mass is 498 g/mol. The molecule has 2 aromatic heterocycles. The number of aryl methyl sites for hydroxylation is 3. The summed E-state index contributed by atoms with van der Waals surface area (Å²) in [5.41, 5.74) is 3.04. The van der Waals surface area contributed by atoms with Crippen molar-refractivity contribution < 1.29 is 22.7 Å². The Labute approximate surface area is 204 Å². The molecular weight excluding hydrogens is 468 g/mol. The van der Waals surface area contributed by atoms with Gasteiger partial charge in [-0.05, 0) is 52.7 Å². The zero-order chi connectivity index (χ0) is 25.3. The molecule has 3 heterocycles. The first-order valence-electron chi connectivity index (χ1n) is 11.7. The number of benzene rings is 1. The number of piperidine rings is 1. The molecule has 9 nitrogen and oxygen atoms in total. The Balaban J connectivity index is 1.59. The Hall–Kier alpha value is -3.24. The molecule has 0 spiro atoms. The lowest BCUT2D eigenvalue weighted by Gasteiger charge is -2.31. The van der Waals surface area contributed by atoms with Crippen LogP contribution in [0.1, 0.15) is 47.2 Å². The maximum absolute atomic E-state index is 13.7. The number of para-hydroxylation sites is 1. The van der Waals surface area contributed by atoms with Gasteiger partial charge in [0.05, 0.1) is 23.7 Å². The summed E-state index contributed by atoms with van der Waals surface area (Å²) in [5.74, 6) is -1.45. The second kappa shape index (κ2) is 9.79. The molecule has 3 aromatic rings. The van der Waals surface area contributed by atoms with Crippen LogP contribution in [-0.2, 0) is 19.6 Å². The van der Waals surface area contributed by atoms with Crippen LogP contribution >= 0.6 is 0 Å². The number of hydrogen-bond acceptors (Lipinski definition) is 6. The minimum atomic E-state index is -4.04. The van der Waals surface area contributed by atoms with Gasteiger partial charge in [0.25, 0.3) is 0 Å². The molecule has 0 unspecified atom stereocenters. The van der Waals surface area contributed by atoms with E-state index in [1.54, 1.807) is 20.8 Å². The summed E-state index contributed by atoms with van der Waals surface area (Å²) in [5, 5.41) is 3.81. The van der Waals surface area contributed by atoms with Gasteiger partial charge in [-0.15, -0.1) is 0 Å². The number of rotatable bonds is 6. The van der Waals surface area contributed by atoms with Gasteiger partial charge in [-0.3, -0.25) is 9.78 Å². The maximum atomic E-state index is 13.7. The zero-order valence-corrected chi connectivity index (χ0v) is 21.2. The lowest BCUT2D eigenvalue weighted by atomic mass is 9.98. The molecule has 0 bridgehead atoms. The van der Waals surface area contributed by atoms with Crippen LogP contribution in [0, 0.1) is 26.7 Å². The number of hydrogen-bond donors (Lipinski definition) is 2. The van der Waals surface area contributed by atoms with Crippen LogP contribution in [0.15, 0.2) is 35.2 Å². The molecule has 186 valence electrons. The van der Waals surface area contributed by atoms with Gasteiger partial charge in [0.1, 0.15) is 10.5 Å². The highest BCUT2D eigenvalue weighted by atomic mass is 32.2. The Kier molecular flexibility index (Phi) is 6.95. The van der Waals surface area contributed by atoms with Crippen molar-refractivity contribution in [2.24, 2.45) is 5.92 Å². The number of nitrogens with zero attached hydrogens (tertiary/aromatic N) is 2. The SMILES string of the molecule is CCOC(=O)c1c(C)[nH]c(C)c1S(=O)(=O)N1CCC[C@@H](C(=O)Nc2cc(C)nc3ccccc23)C1. The van der Waals surface area contributed by atoms with Crippen LogP contribution in [0.25, 0.3) is 10.9 Å². The van der Waals surface area contributed by atoms with E-state index in [1.165, 1.54) is 4.31 Å². The fourth-order valence-electron chi connectivity index (χ4n) is 4.68. The van der Waals surface area contributed by atoms with Crippen LogP contribution in [0.4, 0.5) is 5.69 Å². The number of sulfonamides is 1. The highest BCUT2D eigenvalue weighted by Crippen LogP contribution is 2.31. The highest BCUT2D eigenvalue weighted by Gasteiger charge is 2.38. The molecule has 1 aromatic carbocycles. The summed E-state index contributed by atoms with van der Waals surface area (Å²) >= 11 is 0. The fourth-order valence-corrected chi connectivity index (χ4v) is 6.62. The number of carbonyl (C=O) groups excluding carboxylic acids is 2. The predicted octanol–water partition coefficient (Wildman–Crippen LogP) is 3.70.